The number of esters is 1. The van der Waals surface area contributed by atoms with Crippen LogP contribution in [0.2, 0.25) is 0 Å². The molecule has 1 aromatic heterocycles. The molecule has 1 aliphatic rings. The van der Waals surface area contributed by atoms with Crippen molar-refractivity contribution in [2.24, 2.45) is 5.92 Å². The minimum atomic E-state index is -4.00. The third-order valence-electron chi connectivity index (χ3n) is 5.39. The lowest BCUT2D eigenvalue weighted by molar-refractivity contribution is -0.151. The fourth-order valence-corrected chi connectivity index (χ4v) is 5.66. The summed E-state index contributed by atoms with van der Waals surface area (Å²) in [6.45, 7) is 5.94. The zero-order chi connectivity index (χ0) is 26.6. The standard InChI is InChI=1S/C23H30FN2O8PS/c1-13(2)32-22(29)15(4)12-35(30,34-16-8-6-5-7-9-16)31-11-17-19(27)18(24)21(33-17)26-10-14(3)20(28)25-23(26)36/h5-10,13,15,17-19,21,27H,11-12H2,1-4H3,(H,25,28,36)/t15-,17+,18-,19?,21+,35-/m1/s1. The molecule has 0 saturated carbocycles. The van der Waals surface area contributed by atoms with Crippen molar-refractivity contribution in [2.45, 2.75) is 58.4 Å². The van der Waals surface area contributed by atoms with E-state index >= 15 is 0 Å². The number of aromatic amines is 1. The molecule has 3 rings (SSSR count). The highest BCUT2D eigenvalue weighted by molar-refractivity contribution is 7.71. The Hall–Kier alpha value is -2.37. The van der Waals surface area contributed by atoms with E-state index in [0.717, 1.165) is 0 Å². The van der Waals surface area contributed by atoms with Crippen LogP contribution in [0.4, 0.5) is 4.39 Å². The Bertz CT molecular complexity index is 1220. The number of hydrogen-bond donors (Lipinski definition) is 2. The number of hydrogen-bond acceptors (Lipinski definition) is 9. The fraction of sp³-hybridized carbons (Fsp3) is 0.522. The molecular weight excluding hydrogens is 514 g/mol. The molecule has 0 spiro atoms. The first kappa shape index (κ1) is 28.2. The Morgan fingerprint density at radius 1 is 1.31 bits per heavy atom. The molecule has 1 unspecified atom stereocenters. The van der Waals surface area contributed by atoms with Crippen molar-refractivity contribution in [1.82, 2.24) is 9.55 Å². The van der Waals surface area contributed by atoms with Gasteiger partial charge < -0.3 is 19.1 Å². The van der Waals surface area contributed by atoms with Crippen LogP contribution in [0.1, 0.15) is 32.6 Å². The van der Waals surface area contributed by atoms with Gasteiger partial charge in [0.25, 0.3) is 5.56 Å². The van der Waals surface area contributed by atoms with E-state index in [1.807, 2.05) is 0 Å². The van der Waals surface area contributed by atoms with Crippen LogP contribution in [0.5, 0.6) is 5.75 Å². The Morgan fingerprint density at radius 3 is 2.61 bits per heavy atom. The second-order valence-corrected chi connectivity index (χ2v) is 11.3. The van der Waals surface area contributed by atoms with Gasteiger partial charge in [-0.05, 0) is 45.1 Å². The first-order chi connectivity index (χ1) is 16.9. The highest BCUT2D eigenvalue weighted by atomic mass is 32.1. The molecule has 0 bridgehead atoms. The number of carbonyl (C=O) groups is 1. The van der Waals surface area contributed by atoms with Gasteiger partial charge in [0.1, 0.15) is 18.0 Å². The molecule has 36 heavy (non-hydrogen) atoms. The van der Waals surface area contributed by atoms with E-state index in [4.69, 9.17) is 30.7 Å². The lowest BCUT2D eigenvalue weighted by Gasteiger charge is -2.24. The number of ether oxygens (including phenoxy) is 2. The van der Waals surface area contributed by atoms with Crippen LogP contribution in [0.15, 0.2) is 41.3 Å². The number of alkyl halides is 1. The maximum absolute atomic E-state index is 15.0. The third kappa shape index (κ3) is 6.89. The Labute approximate surface area is 212 Å². The zero-order valence-electron chi connectivity index (χ0n) is 20.3. The summed E-state index contributed by atoms with van der Waals surface area (Å²) in [6.07, 6.45) is -5.47. The van der Waals surface area contributed by atoms with Gasteiger partial charge in [-0.2, -0.15) is 0 Å². The smallest absolute Gasteiger partial charge is 0.380 e. The average molecular weight is 545 g/mol. The minimum Gasteiger partial charge on any atom is -0.463 e. The van der Waals surface area contributed by atoms with Gasteiger partial charge >= 0.3 is 13.6 Å². The summed E-state index contributed by atoms with van der Waals surface area (Å²) in [5.74, 6) is -1.16. The van der Waals surface area contributed by atoms with E-state index in [2.05, 4.69) is 4.98 Å². The lowest BCUT2D eigenvalue weighted by Crippen LogP contribution is -2.32. The summed E-state index contributed by atoms with van der Waals surface area (Å²) < 4.78 is 51.9. The molecule has 1 fully saturated rings. The Morgan fingerprint density at radius 2 is 1.97 bits per heavy atom. The van der Waals surface area contributed by atoms with Gasteiger partial charge in [-0.25, -0.2) is 8.96 Å². The number of rotatable bonds is 10. The normalized spacial score (nSPS) is 24.3. The van der Waals surface area contributed by atoms with Crippen LogP contribution in [-0.4, -0.2) is 57.9 Å². The van der Waals surface area contributed by atoms with Gasteiger partial charge in [0.05, 0.1) is 24.8 Å². The zero-order valence-corrected chi connectivity index (χ0v) is 22.0. The number of aryl methyl sites for hydroxylation is 1. The van der Waals surface area contributed by atoms with Gasteiger partial charge in [-0.1, -0.05) is 25.1 Å². The van der Waals surface area contributed by atoms with Crippen molar-refractivity contribution in [3.8, 4) is 5.75 Å². The topological polar surface area (TPSA) is 129 Å². The van der Waals surface area contributed by atoms with E-state index in [0.29, 0.717) is 0 Å². The van der Waals surface area contributed by atoms with Crippen molar-refractivity contribution in [3.63, 3.8) is 0 Å². The molecule has 198 valence electrons. The van der Waals surface area contributed by atoms with Crippen molar-refractivity contribution in [1.29, 1.82) is 0 Å². The first-order valence-electron chi connectivity index (χ1n) is 11.4. The number of benzene rings is 1. The molecular formula is C23H30FN2O8PS. The molecule has 1 saturated heterocycles. The van der Waals surface area contributed by atoms with E-state index in [1.165, 1.54) is 24.6 Å². The lowest BCUT2D eigenvalue weighted by atomic mass is 10.1. The maximum atomic E-state index is 15.0. The largest absolute Gasteiger partial charge is 0.463 e. The number of carbonyl (C=O) groups excluding carboxylic acids is 1. The minimum absolute atomic E-state index is 0.0809. The highest BCUT2D eigenvalue weighted by Crippen LogP contribution is 2.50. The van der Waals surface area contributed by atoms with Crippen LogP contribution in [0.25, 0.3) is 0 Å². The van der Waals surface area contributed by atoms with Gasteiger partial charge in [0, 0.05) is 11.8 Å². The average Bonchev–Trinajstić information content (AvgIpc) is 3.08. The number of aromatic nitrogens is 2. The van der Waals surface area contributed by atoms with Crippen LogP contribution < -0.4 is 10.1 Å². The van der Waals surface area contributed by atoms with Gasteiger partial charge in [0.15, 0.2) is 17.2 Å². The van der Waals surface area contributed by atoms with E-state index in [-0.39, 0.29) is 28.3 Å². The molecule has 2 heterocycles. The van der Waals surface area contributed by atoms with E-state index in [9.17, 15) is 23.7 Å². The monoisotopic (exact) mass is 544 g/mol. The van der Waals surface area contributed by atoms with Crippen LogP contribution in [0, 0.1) is 17.6 Å². The molecule has 10 nitrogen and oxygen atoms in total. The van der Waals surface area contributed by atoms with Crippen LogP contribution >= 0.6 is 19.8 Å². The van der Waals surface area contributed by atoms with Crippen LogP contribution in [0.3, 0.4) is 0 Å². The van der Waals surface area contributed by atoms with Crippen LogP contribution in [-0.2, 0) is 23.4 Å². The van der Waals surface area contributed by atoms with Crippen molar-refractivity contribution in [2.75, 3.05) is 12.8 Å². The van der Waals surface area contributed by atoms with Gasteiger partial charge in [0.2, 0.25) is 0 Å². The second-order valence-electron chi connectivity index (χ2n) is 8.86. The van der Waals surface area contributed by atoms with Crippen molar-refractivity contribution in [3.05, 3.63) is 57.2 Å². The number of nitrogens with zero attached hydrogens (tertiary/aromatic N) is 1. The molecule has 1 aromatic carbocycles. The fourth-order valence-electron chi connectivity index (χ4n) is 3.54. The molecule has 13 heteroatoms. The van der Waals surface area contributed by atoms with Gasteiger partial charge in [-0.15, -0.1) is 0 Å². The summed E-state index contributed by atoms with van der Waals surface area (Å²) >= 11 is 5.10. The van der Waals surface area contributed by atoms with E-state index < -0.39 is 56.3 Å². The summed E-state index contributed by atoms with van der Waals surface area (Å²) in [5, 5.41) is 10.5. The number of para-hydroxylation sites is 1. The van der Waals surface area contributed by atoms with E-state index in [1.54, 1.807) is 44.2 Å². The van der Waals surface area contributed by atoms with Crippen molar-refractivity contribution < 1.29 is 37.4 Å². The third-order valence-corrected chi connectivity index (χ3v) is 7.73. The summed E-state index contributed by atoms with van der Waals surface area (Å²) in [6, 6.07) is 8.24. The predicted octanol–water partition coefficient (Wildman–Crippen LogP) is 3.69. The number of halogens is 1. The molecule has 2 N–H and O–H groups in total. The SMILES string of the molecule is Cc1cn([C@H]2O[C@@H](CO[P@](=O)(C[C@@H](C)C(=O)OC(C)C)Oc3ccccc3)C(O)[C@H]2F)c(=S)[nH]c1=O. The predicted molar refractivity (Wildman–Crippen MR) is 131 cm³/mol. The molecule has 0 aliphatic carbocycles. The number of aliphatic hydroxyl groups is 1. The Balaban J connectivity index is 1.77. The molecule has 0 radical (unpaired) electrons. The second kappa shape index (κ2) is 11.8. The summed E-state index contributed by atoms with van der Waals surface area (Å²) in [4.78, 5) is 26.5. The quantitative estimate of drug-likeness (QED) is 0.261. The summed E-state index contributed by atoms with van der Waals surface area (Å²) in [5.41, 5.74) is -0.147. The number of nitrogens with one attached hydrogen (secondary N) is 1. The first-order valence-corrected chi connectivity index (χ1v) is 13.5. The van der Waals surface area contributed by atoms with Crippen molar-refractivity contribution >= 4 is 25.8 Å². The highest BCUT2D eigenvalue weighted by Gasteiger charge is 2.46. The molecule has 6 atom stereocenters. The molecule has 2 aromatic rings. The number of aliphatic hydroxyl groups excluding tert-OH is 1. The number of H-pyrrole nitrogens is 1. The summed E-state index contributed by atoms with van der Waals surface area (Å²) in [7, 11) is -4.00. The molecule has 0 amide bonds. The molecule has 1 aliphatic heterocycles. The van der Waals surface area contributed by atoms with Gasteiger partial charge in [-0.3, -0.25) is 23.7 Å². The Kier molecular flexibility index (Phi) is 9.23. The maximum Gasteiger partial charge on any atom is 0.380 e.